The molecule has 2 fully saturated rings. The Labute approximate surface area is 127 Å². The maximum absolute atomic E-state index is 12.7. The first kappa shape index (κ1) is 14.8. The summed E-state index contributed by atoms with van der Waals surface area (Å²) < 4.78 is 6.05. The molecule has 1 aliphatic heterocycles. The molecule has 2 nitrogen and oxygen atoms in total. The number of ketones is 1. The smallest absolute Gasteiger partial charge is 0.140 e. The van der Waals surface area contributed by atoms with Crippen molar-refractivity contribution in [2.75, 3.05) is 6.61 Å². The number of hydrogen-bond acceptors (Lipinski definition) is 2. The highest BCUT2D eigenvalue weighted by Crippen LogP contribution is 2.42. The van der Waals surface area contributed by atoms with E-state index in [1.54, 1.807) is 0 Å². The van der Waals surface area contributed by atoms with E-state index in [-0.39, 0.29) is 11.5 Å². The molecule has 2 heteroatoms. The van der Waals surface area contributed by atoms with Gasteiger partial charge in [0.25, 0.3) is 0 Å². The summed E-state index contributed by atoms with van der Waals surface area (Å²) in [4.78, 5) is 12.7. The molecular formula is C19H26O2. The highest BCUT2D eigenvalue weighted by Gasteiger charge is 2.41. The van der Waals surface area contributed by atoms with Crippen molar-refractivity contribution in [2.24, 2.45) is 5.92 Å². The van der Waals surface area contributed by atoms with Crippen molar-refractivity contribution in [1.29, 1.82) is 0 Å². The summed E-state index contributed by atoms with van der Waals surface area (Å²) in [5.74, 6) is 0.620. The van der Waals surface area contributed by atoms with E-state index in [0.29, 0.717) is 12.2 Å². The molecule has 0 bridgehead atoms. The SMILES string of the molecule is Cc1ccc(C)c(CC(=O)C2CCOC3(CCCC3)C2)c1. The molecule has 1 saturated heterocycles. The molecule has 2 aliphatic rings. The second-order valence-electron chi connectivity index (χ2n) is 7.00. The topological polar surface area (TPSA) is 26.3 Å². The van der Waals surface area contributed by atoms with Crippen LogP contribution in [0.4, 0.5) is 0 Å². The molecule has 114 valence electrons. The van der Waals surface area contributed by atoms with Gasteiger partial charge in [-0.15, -0.1) is 0 Å². The van der Waals surface area contributed by atoms with Gasteiger partial charge in [0.05, 0.1) is 5.60 Å². The van der Waals surface area contributed by atoms with E-state index in [0.717, 1.165) is 32.3 Å². The van der Waals surface area contributed by atoms with Crippen molar-refractivity contribution in [3.63, 3.8) is 0 Å². The van der Waals surface area contributed by atoms with Crippen LogP contribution in [-0.4, -0.2) is 18.0 Å². The van der Waals surface area contributed by atoms with Crippen LogP contribution >= 0.6 is 0 Å². The number of aryl methyl sites for hydroxylation is 2. The fourth-order valence-corrected chi connectivity index (χ4v) is 3.99. The zero-order chi connectivity index (χ0) is 14.9. The van der Waals surface area contributed by atoms with E-state index >= 15 is 0 Å². The lowest BCUT2D eigenvalue weighted by Crippen LogP contribution is -2.40. The van der Waals surface area contributed by atoms with Gasteiger partial charge in [0, 0.05) is 18.9 Å². The average molecular weight is 286 g/mol. The van der Waals surface area contributed by atoms with Gasteiger partial charge in [0.15, 0.2) is 0 Å². The third-order valence-electron chi connectivity index (χ3n) is 5.33. The number of carbonyl (C=O) groups excluding carboxylic acids is 1. The molecule has 1 heterocycles. The van der Waals surface area contributed by atoms with E-state index in [1.165, 1.54) is 29.5 Å². The van der Waals surface area contributed by atoms with E-state index in [1.807, 2.05) is 0 Å². The molecule has 0 N–H and O–H groups in total. The van der Waals surface area contributed by atoms with Crippen LogP contribution in [0.1, 0.15) is 55.2 Å². The first-order chi connectivity index (χ1) is 10.1. The first-order valence-electron chi connectivity index (χ1n) is 8.31. The maximum atomic E-state index is 12.7. The summed E-state index contributed by atoms with van der Waals surface area (Å²) in [6.45, 7) is 4.96. The predicted octanol–water partition coefficient (Wildman–Crippen LogP) is 4.15. The van der Waals surface area contributed by atoms with Crippen LogP contribution in [0.3, 0.4) is 0 Å². The second-order valence-corrected chi connectivity index (χ2v) is 7.00. The molecule has 1 spiro atoms. The molecule has 1 aromatic carbocycles. The molecule has 1 unspecified atom stereocenters. The van der Waals surface area contributed by atoms with Crippen molar-refractivity contribution in [2.45, 2.75) is 64.4 Å². The van der Waals surface area contributed by atoms with Crippen LogP contribution in [0.25, 0.3) is 0 Å². The molecule has 1 aliphatic carbocycles. The van der Waals surface area contributed by atoms with Crippen LogP contribution in [0.15, 0.2) is 18.2 Å². The van der Waals surface area contributed by atoms with Crippen LogP contribution in [0.2, 0.25) is 0 Å². The summed E-state index contributed by atoms with van der Waals surface area (Å²) in [5, 5.41) is 0. The number of rotatable bonds is 3. The highest BCUT2D eigenvalue weighted by atomic mass is 16.5. The maximum Gasteiger partial charge on any atom is 0.140 e. The van der Waals surface area contributed by atoms with Crippen molar-refractivity contribution in [3.8, 4) is 0 Å². The summed E-state index contributed by atoms with van der Waals surface area (Å²) in [7, 11) is 0. The van der Waals surface area contributed by atoms with Gasteiger partial charge < -0.3 is 4.74 Å². The standard InChI is InChI=1S/C19H26O2/c1-14-5-6-15(2)17(11-14)12-18(20)16-7-10-21-19(13-16)8-3-4-9-19/h5-6,11,16H,3-4,7-10,12-13H2,1-2H3. The quantitative estimate of drug-likeness (QED) is 0.834. The van der Waals surface area contributed by atoms with E-state index in [4.69, 9.17) is 4.74 Å². The Morgan fingerprint density at radius 1 is 1.29 bits per heavy atom. The fraction of sp³-hybridized carbons (Fsp3) is 0.632. The Kier molecular flexibility index (Phi) is 4.17. The van der Waals surface area contributed by atoms with Gasteiger partial charge in [-0.3, -0.25) is 4.79 Å². The monoisotopic (exact) mass is 286 g/mol. The minimum Gasteiger partial charge on any atom is -0.375 e. The van der Waals surface area contributed by atoms with E-state index in [9.17, 15) is 4.79 Å². The molecule has 1 atom stereocenters. The minimum absolute atomic E-state index is 0.0419. The van der Waals surface area contributed by atoms with Crippen LogP contribution in [0.5, 0.6) is 0 Å². The van der Waals surface area contributed by atoms with Gasteiger partial charge in [-0.2, -0.15) is 0 Å². The van der Waals surface area contributed by atoms with Crippen LogP contribution in [-0.2, 0) is 16.0 Å². The Morgan fingerprint density at radius 2 is 2.05 bits per heavy atom. The number of benzene rings is 1. The molecule has 21 heavy (non-hydrogen) atoms. The molecule has 0 radical (unpaired) electrons. The Hall–Kier alpha value is -1.15. The summed E-state index contributed by atoms with van der Waals surface area (Å²) in [5.41, 5.74) is 3.71. The number of ether oxygens (including phenoxy) is 1. The van der Waals surface area contributed by atoms with E-state index < -0.39 is 0 Å². The first-order valence-corrected chi connectivity index (χ1v) is 8.31. The van der Waals surface area contributed by atoms with Gasteiger partial charge in [-0.05, 0) is 50.7 Å². The predicted molar refractivity (Wildman–Crippen MR) is 84.5 cm³/mol. The molecule has 1 aromatic rings. The number of Topliss-reactive ketones (excluding diaryl/α,β-unsaturated/α-hetero) is 1. The lowest BCUT2D eigenvalue weighted by Gasteiger charge is -2.37. The molecule has 1 saturated carbocycles. The zero-order valence-corrected chi connectivity index (χ0v) is 13.3. The lowest BCUT2D eigenvalue weighted by atomic mass is 9.80. The van der Waals surface area contributed by atoms with Crippen molar-refractivity contribution >= 4 is 5.78 Å². The van der Waals surface area contributed by atoms with E-state index in [2.05, 4.69) is 32.0 Å². The van der Waals surface area contributed by atoms with Gasteiger partial charge in [0.2, 0.25) is 0 Å². The molecule has 0 aromatic heterocycles. The minimum atomic E-state index is 0.0419. The van der Waals surface area contributed by atoms with Crippen LogP contribution < -0.4 is 0 Å². The average Bonchev–Trinajstić information content (AvgIpc) is 2.91. The summed E-state index contributed by atoms with van der Waals surface area (Å²) in [6, 6.07) is 6.41. The van der Waals surface area contributed by atoms with Crippen molar-refractivity contribution < 1.29 is 9.53 Å². The highest BCUT2D eigenvalue weighted by molar-refractivity contribution is 5.83. The number of hydrogen-bond donors (Lipinski definition) is 0. The van der Waals surface area contributed by atoms with Crippen molar-refractivity contribution in [3.05, 3.63) is 34.9 Å². The Morgan fingerprint density at radius 3 is 2.81 bits per heavy atom. The van der Waals surface area contributed by atoms with Gasteiger partial charge in [-0.1, -0.05) is 36.6 Å². The Bertz CT molecular complexity index is 526. The van der Waals surface area contributed by atoms with Gasteiger partial charge >= 0.3 is 0 Å². The van der Waals surface area contributed by atoms with Gasteiger partial charge in [0.1, 0.15) is 5.78 Å². The second kappa shape index (κ2) is 5.92. The molecule has 0 amide bonds. The molecular weight excluding hydrogens is 260 g/mol. The van der Waals surface area contributed by atoms with Gasteiger partial charge in [-0.25, -0.2) is 0 Å². The third-order valence-corrected chi connectivity index (χ3v) is 5.33. The number of carbonyl (C=O) groups is 1. The molecule has 3 rings (SSSR count). The normalized spacial score (nSPS) is 24.4. The largest absolute Gasteiger partial charge is 0.375 e. The zero-order valence-electron chi connectivity index (χ0n) is 13.3. The summed E-state index contributed by atoms with van der Waals surface area (Å²) in [6.07, 6.45) is 7.28. The Balaban J connectivity index is 1.68. The third kappa shape index (κ3) is 3.21. The fourth-order valence-electron chi connectivity index (χ4n) is 3.99. The summed E-state index contributed by atoms with van der Waals surface area (Å²) >= 11 is 0. The van der Waals surface area contributed by atoms with Crippen molar-refractivity contribution in [1.82, 2.24) is 0 Å². The van der Waals surface area contributed by atoms with Crippen LogP contribution in [0, 0.1) is 19.8 Å². The lowest BCUT2D eigenvalue weighted by molar-refractivity contribution is -0.135.